The van der Waals surface area contributed by atoms with E-state index < -0.39 is 62.4 Å². The van der Waals surface area contributed by atoms with E-state index in [0.717, 1.165) is 9.21 Å². The second-order valence-corrected chi connectivity index (χ2v) is 9.83. The highest BCUT2D eigenvalue weighted by Gasteiger charge is 2.68. The molecular weight excluding hydrogens is 455 g/mol. The Kier molecular flexibility index (Phi) is 5.74. The lowest BCUT2D eigenvalue weighted by Crippen LogP contribution is -2.64. The van der Waals surface area contributed by atoms with Crippen LogP contribution < -0.4 is 5.73 Å². The van der Waals surface area contributed by atoms with E-state index in [9.17, 15) is 32.0 Å². The zero-order valence-corrected chi connectivity index (χ0v) is 18.3. The molecule has 174 valence electrons. The normalized spacial score (nSPS) is 25.3. The summed E-state index contributed by atoms with van der Waals surface area (Å²) >= 11 is 0. The molecule has 0 radical (unpaired) electrons. The van der Waals surface area contributed by atoms with Gasteiger partial charge in [-0.2, -0.15) is 4.31 Å². The van der Waals surface area contributed by atoms with Crippen LogP contribution >= 0.6 is 0 Å². The number of fused-ring (bicyclic) bond motifs is 1. The first-order valence-corrected chi connectivity index (χ1v) is 11.7. The molecule has 10 nitrogen and oxygen atoms in total. The number of amides is 2. The third kappa shape index (κ3) is 3.59. The number of nitrogens with two attached hydrogens (primary N) is 1. The molecule has 3 aliphatic rings. The summed E-state index contributed by atoms with van der Waals surface area (Å²) in [7, 11) is -4.50. The van der Waals surface area contributed by atoms with Crippen molar-refractivity contribution in [1.29, 1.82) is 0 Å². The van der Waals surface area contributed by atoms with Crippen molar-refractivity contribution in [2.45, 2.75) is 37.3 Å². The number of sulfonamides is 1. The fourth-order valence-corrected chi connectivity index (χ4v) is 6.35. The SMILES string of the molecule is NC(=O)C12C(=O)CN(S(=O)(=O)C3=NC=CCC3=O)C1CCN2C(=O)CCc1ccc(F)cc1. The van der Waals surface area contributed by atoms with Crippen molar-refractivity contribution < 1.29 is 32.0 Å². The van der Waals surface area contributed by atoms with Crippen LogP contribution in [0.25, 0.3) is 0 Å². The summed E-state index contributed by atoms with van der Waals surface area (Å²) in [6.07, 6.45) is 2.56. The van der Waals surface area contributed by atoms with E-state index in [1.165, 1.54) is 36.5 Å². The lowest BCUT2D eigenvalue weighted by Gasteiger charge is -2.34. The Morgan fingerprint density at radius 1 is 1.21 bits per heavy atom. The van der Waals surface area contributed by atoms with Crippen molar-refractivity contribution in [2.75, 3.05) is 13.1 Å². The van der Waals surface area contributed by atoms with Gasteiger partial charge in [-0.1, -0.05) is 18.2 Å². The van der Waals surface area contributed by atoms with Crippen LogP contribution in [0.15, 0.2) is 41.5 Å². The smallest absolute Gasteiger partial charge is 0.264 e. The Morgan fingerprint density at radius 3 is 2.55 bits per heavy atom. The number of nitrogens with zero attached hydrogens (tertiary/aromatic N) is 3. The number of aryl methyl sites for hydroxylation is 1. The maximum absolute atomic E-state index is 13.2. The molecule has 0 saturated carbocycles. The lowest BCUT2D eigenvalue weighted by atomic mass is 9.89. The molecule has 0 aliphatic carbocycles. The highest BCUT2D eigenvalue weighted by molar-refractivity contribution is 8.06. The van der Waals surface area contributed by atoms with Gasteiger partial charge < -0.3 is 10.6 Å². The monoisotopic (exact) mass is 476 g/mol. The van der Waals surface area contributed by atoms with Crippen LogP contribution in [0.2, 0.25) is 0 Å². The van der Waals surface area contributed by atoms with Crippen molar-refractivity contribution in [3.05, 3.63) is 47.9 Å². The molecule has 0 aromatic heterocycles. The highest BCUT2D eigenvalue weighted by Crippen LogP contribution is 2.41. The van der Waals surface area contributed by atoms with Crippen LogP contribution in [0, 0.1) is 5.82 Å². The number of hydrogen-bond acceptors (Lipinski definition) is 7. The maximum Gasteiger partial charge on any atom is 0.264 e. The van der Waals surface area contributed by atoms with E-state index in [4.69, 9.17) is 5.73 Å². The first kappa shape index (κ1) is 22.9. The topological polar surface area (TPSA) is 147 Å². The van der Waals surface area contributed by atoms with Gasteiger partial charge in [0.05, 0.1) is 12.6 Å². The number of carbonyl (C=O) groups is 4. The van der Waals surface area contributed by atoms with Crippen LogP contribution in [-0.4, -0.2) is 70.7 Å². The van der Waals surface area contributed by atoms with Gasteiger partial charge in [-0.25, -0.2) is 17.8 Å². The van der Waals surface area contributed by atoms with E-state index in [2.05, 4.69) is 4.99 Å². The average molecular weight is 476 g/mol. The van der Waals surface area contributed by atoms with Gasteiger partial charge in [-0.3, -0.25) is 19.2 Å². The number of carbonyl (C=O) groups excluding carboxylic acids is 4. The fraction of sp³-hybridized carbons (Fsp3) is 0.381. The van der Waals surface area contributed by atoms with E-state index in [1.54, 1.807) is 0 Å². The summed E-state index contributed by atoms with van der Waals surface area (Å²) in [4.78, 5) is 55.6. The van der Waals surface area contributed by atoms with Gasteiger partial charge in [0, 0.05) is 25.6 Å². The molecule has 33 heavy (non-hydrogen) atoms. The standard InChI is InChI=1S/C21H21FN4O6S/c22-14-6-3-13(4-7-14)5-8-18(29)25-11-9-16-21(25,20(23)30)17(28)12-26(16)33(31,32)19-15(27)2-1-10-24-19/h1,3-4,6-7,10,16H,2,5,8-9,11-12H2,(H2,23,30). The van der Waals surface area contributed by atoms with Gasteiger partial charge in [-0.05, 0) is 30.5 Å². The minimum absolute atomic E-state index is 0.00644. The Balaban J connectivity index is 1.62. The number of rotatable bonds is 5. The molecule has 1 aromatic rings. The van der Waals surface area contributed by atoms with Crippen LogP contribution in [0.3, 0.4) is 0 Å². The molecule has 3 aliphatic heterocycles. The third-order valence-corrected chi connectivity index (χ3v) is 8.04. The van der Waals surface area contributed by atoms with Crippen LogP contribution in [0.5, 0.6) is 0 Å². The molecule has 1 aromatic carbocycles. The average Bonchev–Trinajstić information content (AvgIpc) is 3.31. The Hall–Kier alpha value is -3.25. The second-order valence-electron chi connectivity index (χ2n) is 8.03. The zero-order valence-electron chi connectivity index (χ0n) is 17.4. The summed E-state index contributed by atoms with van der Waals surface area (Å²) in [6.45, 7) is -0.762. The summed E-state index contributed by atoms with van der Waals surface area (Å²) in [5.41, 5.74) is 4.13. The van der Waals surface area contributed by atoms with Crippen molar-refractivity contribution in [1.82, 2.24) is 9.21 Å². The van der Waals surface area contributed by atoms with Gasteiger partial charge in [-0.15, -0.1) is 0 Å². The summed E-state index contributed by atoms with van der Waals surface area (Å²) < 4.78 is 40.2. The van der Waals surface area contributed by atoms with Crippen molar-refractivity contribution in [3.8, 4) is 0 Å². The Bertz CT molecular complexity index is 1210. The van der Waals surface area contributed by atoms with Crippen molar-refractivity contribution >= 4 is 38.4 Å². The van der Waals surface area contributed by atoms with Gasteiger partial charge in [0.2, 0.25) is 11.0 Å². The van der Waals surface area contributed by atoms with Crippen LogP contribution in [0.1, 0.15) is 24.8 Å². The largest absolute Gasteiger partial charge is 0.367 e. The second kappa shape index (κ2) is 8.27. The maximum atomic E-state index is 13.2. The number of likely N-dealkylation sites (tertiary alicyclic amines) is 1. The molecule has 2 unspecified atom stereocenters. The van der Waals surface area contributed by atoms with Gasteiger partial charge in [0.1, 0.15) is 5.82 Å². The Morgan fingerprint density at radius 2 is 1.91 bits per heavy atom. The van der Waals surface area contributed by atoms with Gasteiger partial charge >= 0.3 is 0 Å². The molecule has 2 N–H and O–H groups in total. The van der Waals surface area contributed by atoms with E-state index in [0.29, 0.717) is 5.56 Å². The summed E-state index contributed by atoms with van der Waals surface area (Å²) in [5, 5.41) is -0.709. The van der Waals surface area contributed by atoms with E-state index >= 15 is 0 Å². The van der Waals surface area contributed by atoms with Crippen molar-refractivity contribution in [2.24, 2.45) is 10.7 Å². The summed E-state index contributed by atoms with van der Waals surface area (Å²) in [5.74, 6) is -3.65. The zero-order chi connectivity index (χ0) is 24.0. The van der Waals surface area contributed by atoms with Gasteiger partial charge in [0.25, 0.3) is 15.9 Å². The Labute approximate surface area is 189 Å². The minimum atomic E-state index is -4.50. The molecule has 12 heteroatoms. The fourth-order valence-electron chi connectivity index (χ4n) is 4.68. The molecule has 2 saturated heterocycles. The minimum Gasteiger partial charge on any atom is -0.367 e. The summed E-state index contributed by atoms with van der Waals surface area (Å²) in [6, 6.07) is 4.31. The number of aliphatic imine (C=N–C) groups is 1. The van der Waals surface area contributed by atoms with Gasteiger partial charge in [0.15, 0.2) is 17.1 Å². The molecule has 3 heterocycles. The van der Waals surface area contributed by atoms with Crippen molar-refractivity contribution in [3.63, 3.8) is 0 Å². The number of Topliss-reactive ketones (excluding diaryl/α,β-unsaturated/α-hetero) is 2. The van der Waals surface area contributed by atoms with Crippen LogP contribution in [0.4, 0.5) is 4.39 Å². The lowest BCUT2D eigenvalue weighted by molar-refractivity contribution is -0.149. The number of ketones is 2. The molecule has 2 amide bonds. The molecule has 0 bridgehead atoms. The molecule has 4 rings (SSSR count). The number of primary amides is 1. The first-order chi connectivity index (χ1) is 15.6. The van der Waals surface area contributed by atoms with E-state index in [-0.39, 0.29) is 32.2 Å². The number of halogens is 1. The predicted octanol–water partition coefficient (Wildman–Crippen LogP) is -0.317. The number of benzene rings is 1. The number of hydrogen-bond donors (Lipinski definition) is 1. The molecule has 2 fully saturated rings. The molecular formula is C21H21FN4O6S. The van der Waals surface area contributed by atoms with Crippen LogP contribution in [-0.2, 0) is 35.6 Å². The third-order valence-electron chi connectivity index (χ3n) is 6.22. The first-order valence-electron chi connectivity index (χ1n) is 10.3. The van der Waals surface area contributed by atoms with E-state index in [1.807, 2.05) is 0 Å². The quantitative estimate of drug-likeness (QED) is 0.576. The highest BCUT2D eigenvalue weighted by atomic mass is 32.2. The number of allylic oxidation sites excluding steroid dienone is 1. The predicted molar refractivity (Wildman–Crippen MR) is 114 cm³/mol. The molecule has 2 atom stereocenters. The molecule has 0 spiro atoms.